The van der Waals surface area contributed by atoms with E-state index >= 15 is 0 Å². The number of nitrogens with one attached hydrogen (secondary N) is 2. The Bertz CT molecular complexity index is 1230. The van der Waals surface area contributed by atoms with Gasteiger partial charge in [0.25, 0.3) is 11.6 Å². The average molecular weight is 442 g/mol. The molecule has 0 atom stereocenters. The number of hydrogen-bond donors (Lipinski definition) is 2. The maximum Gasteiger partial charge on any atom is 0.293 e. The maximum atomic E-state index is 12.6. The van der Waals surface area contributed by atoms with E-state index in [-0.39, 0.29) is 17.2 Å². The fourth-order valence-corrected chi connectivity index (χ4v) is 3.31. The minimum absolute atomic E-state index is 0.143. The van der Waals surface area contributed by atoms with E-state index in [4.69, 9.17) is 0 Å². The minimum Gasteiger partial charge on any atom is -0.375 e. The molecule has 0 fully saturated rings. The van der Waals surface area contributed by atoms with Crippen molar-refractivity contribution in [3.8, 4) is 0 Å². The highest BCUT2D eigenvalue weighted by molar-refractivity contribution is 5.95. The van der Waals surface area contributed by atoms with Crippen molar-refractivity contribution in [2.45, 2.75) is 19.6 Å². The maximum absolute atomic E-state index is 12.6. The van der Waals surface area contributed by atoms with Crippen LogP contribution in [0, 0.1) is 10.1 Å². The summed E-state index contributed by atoms with van der Waals surface area (Å²) in [6.07, 6.45) is 3.13. The number of nitro benzene ring substituents is 1. The number of anilines is 1. The van der Waals surface area contributed by atoms with Gasteiger partial charge in [-0.3, -0.25) is 14.9 Å². The van der Waals surface area contributed by atoms with Gasteiger partial charge in [0.1, 0.15) is 18.3 Å². The van der Waals surface area contributed by atoms with Crippen LogP contribution in [-0.4, -0.2) is 25.6 Å². The third-order valence-corrected chi connectivity index (χ3v) is 5.07. The Balaban J connectivity index is 1.37. The van der Waals surface area contributed by atoms with E-state index in [9.17, 15) is 14.9 Å². The van der Waals surface area contributed by atoms with Crippen LogP contribution in [0.25, 0.3) is 0 Å². The van der Waals surface area contributed by atoms with Gasteiger partial charge in [0.2, 0.25) is 0 Å². The van der Waals surface area contributed by atoms with Crippen LogP contribution in [0.3, 0.4) is 0 Å². The van der Waals surface area contributed by atoms with E-state index in [1.54, 1.807) is 23.1 Å². The number of nitro groups is 1. The first-order valence-corrected chi connectivity index (χ1v) is 10.3. The van der Waals surface area contributed by atoms with Gasteiger partial charge in [-0.15, -0.1) is 0 Å². The molecule has 0 saturated carbocycles. The van der Waals surface area contributed by atoms with Crippen LogP contribution >= 0.6 is 0 Å². The second kappa shape index (κ2) is 10.2. The van der Waals surface area contributed by atoms with Gasteiger partial charge in [0.15, 0.2) is 0 Å². The van der Waals surface area contributed by atoms with Crippen molar-refractivity contribution < 1.29 is 9.72 Å². The Morgan fingerprint density at radius 1 is 0.939 bits per heavy atom. The Morgan fingerprint density at radius 3 is 2.36 bits per heavy atom. The van der Waals surface area contributed by atoms with Crippen LogP contribution in [0.2, 0.25) is 0 Å². The van der Waals surface area contributed by atoms with E-state index in [0.29, 0.717) is 25.3 Å². The predicted molar refractivity (Wildman–Crippen MR) is 124 cm³/mol. The molecule has 9 heteroatoms. The second-order valence-electron chi connectivity index (χ2n) is 7.42. The predicted octanol–water partition coefficient (Wildman–Crippen LogP) is 3.78. The van der Waals surface area contributed by atoms with Crippen molar-refractivity contribution in [3.05, 3.63) is 118 Å². The van der Waals surface area contributed by atoms with Crippen molar-refractivity contribution in [2.24, 2.45) is 0 Å². The van der Waals surface area contributed by atoms with Gasteiger partial charge in [-0.25, -0.2) is 9.67 Å². The zero-order valence-electron chi connectivity index (χ0n) is 17.7. The molecule has 0 aliphatic heterocycles. The van der Waals surface area contributed by atoms with Crippen molar-refractivity contribution in [1.29, 1.82) is 0 Å². The van der Waals surface area contributed by atoms with Crippen LogP contribution in [0.5, 0.6) is 0 Å². The summed E-state index contributed by atoms with van der Waals surface area (Å²) in [6, 6.07) is 21.8. The van der Waals surface area contributed by atoms with Gasteiger partial charge in [-0.05, 0) is 28.8 Å². The standard InChI is InChI=1S/C24H22N6O3/c31-24(27-14-19-6-8-20(9-7-19)15-29-17-25-16-28-29)21-10-11-22(23(12-21)30(32)33)26-13-18-4-2-1-3-5-18/h1-12,16-17,26H,13-15H2,(H,27,31). The normalized spacial score (nSPS) is 10.5. The van der Waals surface area contributed by atoms with Crippen molar-refractivity contribution in [3.63, 3.8) is 0 Å². The number of carbonyl (C=O) groups excluding carboxylic acids is 1. The zero-order valence-corrected chi connectivity index (χ0v) is 17.7. The fourth-order valence-electron chi connectivity index (χ4n) is 3.31. The molecule has 3 aromatic carbocycles. The number of amides is 1. The molecule has 4 rings (SSSR count). The molecule has 2 N–H and O–H groups in total. The lowest BCUT2D eigenvalue weighted by atomic mass is 10.1. The number of nitrogens with zero attached hydrogens (tertiary/aromatic N) is 4. The summed E-state index contributed by atoms with van der Waals surface area (Å²) in [5.74, 6) is -0.376. The quantitative estimate of drug-likeness (QED) is 0.301. The lowest BCUT2D eigenvalue weighted by molar-refractivity contribution is -0.384. The fraction of sp³-hybridized carbons (Fsp3) is 0.125. The molecule has 0 unspecified atom stereocenters. The Morgan fingerprint density at radius 2 is 1.67 bits per heavy atom. The zero-order chi connectivity index (χ0) is 23.0. The average Bonchev–Trinajstić information content (AvgIpc) is 3.35. The van der Waals surface area contributed by atoms with E-state index in [1.807, 2.05) is 54.6 Å². The van der Waals surface area contributed by atoms with E-state index < -0.39 is 4.92 Å². The van der Waals surface area contributed by atoms with E-state index in [1.165, 1.54) is 12.4 Å². The molecular weight excluding hydrogens is 420 g/mol. The van der Waals surface area contributed by atoms with Crippen LogP contribution in [0.4, 0.5) is 11.4 Å². The smallest absolute Gasteiger partial charge is 0.293 e. The Labute approximate surface area is 190 Å². The number of hydrogen-bond acceptors (Lipinski definition) is 6. The third-order valence-electron chi connectivity index (χ3n) is 5.07. The molecule has 0 aliphatic rings. The molecule has 0 radical (unpaired) electrons. The summed E-state index contributed by atoms with van der Waals surface area (Å²) < 4.78 is 1.72. The highest BCUT2D eigenvalue weighted by atomic mass is 16.6. The molecule has 1 amide bonds. The largest absolute Gasteiger partial charge is 0.375 e. The van der Waals surface area contributed by atoms with Crippen molar-refractivity contribution in [1.82, 2.24) is 20.1 Å². The van der Waals surface area contributed by atoms with Gasteiger partial charge in [0, 0.05) is 24.7 Å². The topological polar surface area (TPSA) is 115 Å². The van der Waals surface area contributed by atoms with Gasteiger partial charge in [0.05, 0.1) is 11.5 Å². The number of carbonyl (C=O) groups is 1. The van der Waals surface area contributed by atoms with Crippen LogP contribution in [0.15, 0.2) is 85.5 Å². The summed E-state index contributed by atoms with van der Waals surface area (Å²) in [7, 11) is 0. The molecular formula is C24H22N6O3. The number of aromatic nitrogens is 3. The second-order valence-corrected chi connectivity index (χ2v) is 7.42. The summed E-state index contributed by atoms with van der Waals surface area (Å²) in [4.78, 5) is 27.6. The van der Waals surface area contributed by atoms with Crippen LogP contribution in [0.1, 0.15) is 27.0 Å². The van der Waals surface area contributed by atoms with E-state index in [2.05, 4.69) is 20.7 Å². The van der Waals surface area contributed by atoms with Gasteiger partial charge in [-0.1, -0.05) is 54.6 Å². The summed E-state index contributed by atoms with van der Waals surface area (Å²) in [6.45, 7) is 1.37. The van der Waals surface area contributed by atoms with Crippen molar-refractivity contribution >= 4 is 17.3 Å². The summed E-state index contributed by atoms with van der Waals surface area (Å²) >= 11 is 0. The summed E-state index contributed by atoms with van der Waals surface area (Å²) in [5, 5.41) is 21.5. The first-order chi connectivity index (χ1) is 16.1. The monoisotopic (exact) mass is 442 g/mol. The highest BCUT2D eigenvalue weighted by Gasteiger charge is 2.17. The van der Waals surface area contributed by atoms with Crippen molar-refractivity contribution in [2.75, 3.05) is 5.32 Å². The molecule has 9 nitrogen and oxygen atoms in total. The van der Waals surface area contributed by atoms with Gasteiger partial charge >= 0.3 is 0 Å². The molecule has 4 aromatic rings. The van der Waals surface area contributed by atoms with Gasteiger partial charge in [-0.2, -0.15) is 5.10 Å². The molecule has 33 heavy (non-hydrogen) atoms. The number of rotatable bonds is 9. The minimum atomic E-state index is -0.488. The third kappa shape index (κ3) is 5.79. The molecule has 1 aromatic heterocycles. The highest BCUT2D eigenvalue weighted by Crippen LogP contribution is 2.26. The lowest BCUT2D eigenvalue weighted by Gasteiger charge is -2.10. The first-order valence-electron chi connectivity index (χ1n) is 10.3. The molecule has 0 spiro atoms. The lowest BCUT2D eigenvalue weighted by Crippen LogP contribution is -2.23. The van der Waals surface area contributed by atoms with E-state index in [0.717, 1.165) is 16.7 Å². The molecule has 0 bridgehead atoms. The molecule has 0 saturated heterocycles. The summed E-state index contributed by atoms with van der Waals surface area (Å²) in [5.41, 5.74) is 3.43. The van der Waals surface area contributed by atoms with Crippen LogP contribution in [-0.2, 0) is 19.6 Å². The SMILES string of the molecule is O=C(NCc1ccc(Cn2cncn2)cc1)c1ccc(NCc2ccccc2)c([N+](=O)[O-])c1. The number of benzene rings is 3. The van der Waals surface area contributed by atoms with Gasteiger partial charge < -0.3 is 10.6 Å². The molecule has 0 aliphatic carbocycles. The Hall–Kier alpha value is -4.53. The first kappa shape index (κ1) is 21.7. The molecule has 166 valence electrons. The molecule has 1 heterocycles. The Kier molecular flexibility index (Phi) is 6.70. The van der Waals surface area contributed by atoms with Crippen LogP contribution < -0.4 is 10.6 Å².